The van der Waals surface area contributed by atoms with Gasteiger partial charge in [0.1, 0.15) is 0 Å². The van der Waals surface area contributed by atoms with Gasteiger partial charge in [0.15, 0.2) is 0 Å². The molecule has 1 aliphatic rings. The van der Waals surface area contributed by atoms with Crippen molar-refractivity contribution in [3.63, 3.8) is 0 Å². The lowest BCUT2D eigenvalue weighted by atomic mass is 9.88. The Bertz CT molecular complexity index is 981. The number of carbonyl (C=O) groups is 1. The van der Waals surface area contributed by atoms with Gasteiger partial charge in [0.2, 0.25) is 5.91 Å². The molecule has 6 heteroatoms. The number of morpholine rings is 1. The van der Waals surface area contributed by atoms with Gasteiger partial charge in [0, 0.05) is 54.1 Å². The van der Waals surface area contributed by atoms with Gasteiger partial charge in [-0.05, 0) is 42.3 Å². The molecule has 4 rings (SSSR count). The molecule has 1 amide bonds. The Kier molecular flexibility index (Phi) is 7.05. The molecule has 1 atom stereocenters. The van der Waals surface area contributed by atoms with Crippen LogP contribution in [-0.4, -0.2) is 55.2 Å². The quantitative estimate of drug-likeness (QED) is 0.532. The number of amides is 1. The number of nitrogens with one attached hydrogen (secondary N) is 2. The van der Waals surface area contributed by atoms with E-state index in [1.807, 2.05) is 42.6 Å². The van der Waals surface area contributed by atoms with E-state index in [0.717, 1.165) is 61.3 Å². The van der Waals surface area contributed by atoms with Crippen LogP contribution in [0.25, 0.3) is 10.9 Å². The molecule has 2 heterocycles. The SMILES string of the molecule is O=C(CC(c1cccc(Cl)c1)c1c[nH]c2ccccc12)NCCCN1CCOCC1. The van der Waals surface area contributed by atoms with Crippen LogP contribution in [0, 0.1) is 0 Å². The third kappa shape index (κ3) is 5.22. The smallest absolute Gasteiger partial charge is 0.220 e. The standard InChI is InChI=1S/C24H28ClN3O2/c25-19-6-3-5-18(15-19)21(22-17-27-23-8-2-1-7-20(22)23)16-24(29)26-9-4-10-28-11-13-30-14-12-28/h1-3,5-8,15,17,21,27H,4,9-14,16H2,(H,26,29). The number of hydrogen-bond acceptors (Lipinski definition) is 3. The van der Waals surface area contributed by atoms with Crippen LogP contribution in [0.4, 0.5) is 0 Å². The molecule has 0 radical (unpaired) electrons. The summed E-state index contributed by atoms with van der Waals surface area (Å²) in [4.78, 5) is 18.5. The molecular formula is C24H28ClN3O2. The van der Waals surface area contributed by atoms with Crippen molar-refractivity contribution < 1.29 is 9.53 Å². The maximum atomic E-state index is 12.8. The van der Waals surface area contributed by atoms with Crippen LogP contribution in [0.15, 0.2) is 54.7 Å². The minimum absolute atomic E-state index is 0.0564. The van der Waals surface area contributed by atoms with E-state index in [0.29, 0.717) is 18.0 Å². The van der Waals surface area contributed by atoms with Crippen LogP contribution in [0.3, 0.4) is 0 Å². The van der Waals surface area contributed by atoms with E-state index < -0.39 is 0 Å². The number of para-hydroxylation sites is 1. The van der Waals surface area contributed by atoms with Gasteiger partial charge in [0.05, 0.1) is 13.2 Å². The topological polar surface area (TPSA) is 57.4 Å². The Morgan fingerprint density at radius 1 is 1.17 bits per heavy atom. The third-order valence-electron chi connectivity index (χ3n) is 5.71. The summed E-state index contributed by atoms with van der Waals surface area (Å²) in [6.45, 7) is 5.24. The second-order valence-electron chi connectivity index (χ2n) is 7.76. The monoisotopic (exact) mass is 425 g/mol. The molecular weight excluding hydrogens is 398 g/mol. The van der Waals surface area contributed by atoms with E-state index in [2.05, 4.69) is 27.3 Å². The summed E-state index contributed by atoms with van der Waals surface area (Å²) in [5, 5.41) is 4.93. The maximum absolute atomic E-state index is 12.8. The highest BCUT2D eigenvalue weighted by Gasteiger charge is 2.21. The molecule has 1 fully saturated rings. The highest BCUT2D eigenvalue weighted by atomic mass is 35.5. The molecule has 3 aromatic rings. The third-order valence-corrected chi connectivity index (χ3v) is 5.95. The van der Waals surface area contributed by atoms with Crippen molar-refractivity contribution >= 4 is 28.4 Å². The fourth-order valence-corrected chi connectivity index (χ4v) is 4.32. The van der Waals surface area contributed by atoms with Gasteiger partial charge in [0.25, 0.3) is 0 Å². The molecule has 1 saturated heterocycles. The van der Waals surface area contributed by atoms with Crippen LogP contribution in [0.2, 0.25) is 5.02 Å². The molecule has 1 unspecified atom stereocenters. The number of H-pyrrole nitrogens is 1. The number of benzene rings is 2. The first-order valence-corrected chi connectivity index (χ1v) is 11.0. The minimum Gasteiger partial charge on any atom is -0.379 e. The predicted octanol–water partition coefficient (Wildman–Crippen LogP) is 4.18. The van der Waals surface area contributed by atoms with E-state index in [1.165, 1.54) is 0 Å². The van der Waals surface area contributed by atoms with Crippen LogP contribution < -0.4 is 5.32 Å². The van der Waals surface area contributed by atoms with Crippen LogP contribution in [0.1, 0.15) is 29.9 Å². The maximum Gasteiger partial charge on any atom is 0.220 e. The van der Waals surface area contributed by atoms with Crippen molar-refractivity contribution in [2.45, 2.75) is 18.8 Å². The lowest BCUT2D eigenvalue weighted by molar-refractivity contribution is -0.121. The number of halogens is 1. The number of ether oxygens (including phenoxy) is 1. The van der Waals surface area contributed by atoms with Crippen LogP contribution in [0.5, 0.6) is 0 Å². The summed E-state index contributed by atoms with van der Waals surface area (Å²) in [6, 6.07) is 16.0. The van der Waals surface area contributed by atoms with E-state index >= 15 is 0 Å². The molecule has 30 heavy (non-hydrogen) atoms. The molecule has 1 aromatic heterocycles. The molecule has 0 saturated carbocycles. The van der Waals surface area contributed by atoms with E-state index in [9.17, 15) is 4.79 Å². The Labute approximate surface area is 182 Å². The first kappa shape index (κ1) is 20.9. The number of fused-ring (bicyclic) bond motifs is 1. The summed E-state index contributed by atoms with van der Waals surface area (Å²) in [6.07, 6.45) is 3.35. The zero-order chi connectivity index (χ0) is 20.8. The zero-order valence-corrected chi connectivity index (χ0v) is 17.8. The Morgan fingerprint density at radius 2 is 2.00 bits per heavy atom. The van der Waals surface area contributed by atoms with Gasteiger partial charge < -0.3 is 15.0 Å². The molecule has 1 aliphatic heterocycles. The number of nitrogens with zero attached hydrogens (tertiary/aromatic N) is 1. The normalized spacial score (nSPS) is 15.9. The van der Waals surface area contributed by atoms with Crippen molar-refractivity contribution in [3.8, 4) is 0 Å². The summed E-state index contributed by atoms with van der Waals surface area (Å²) in [7, 11) is 0. The number of aromatic nitrogens is 1. The lowest BCUT2D eigenvalue weighted by Crippen LogP contribution is -2.38. The minimum atomic E-state index is -0.0564. The van der Waals surface area contributed by atoms with E-state index in [-0.39, 0.29) is 11.8 Å². The molecule has 2 aromatic carbocycles. The molecule has 158 valence electrons. The highest BCUT2D eigenvalue weighted by Crippen LogP contribution is 2.34. The molecule has 0 spiro atoms. The van der Waals surface area contributed by atoms with E-state index in [1.54, 1.807) is 0 Å². The molecule has 5 nitrogen and oxygen atoms in total. The summed E-state index contributed by atoms with van der Waals surface area (Å²) >= 11 is 6.26. The van der Waals surface area contributed by atoms with Crippen LogP contribution in [-0.2, 0) is 9.53 Å². The predicted molar refractivity (Wildman–Crippen MR) is 121 cm³/mol. The van der Waals surface area contributed by atoms with Crippen molar-refractivity contribution in [2.75, 3.05) is 39.4 Å². The second-order valence-corrected chi connectivity index (χ2v) is 8.20. The fraction of sp³-hybridized carbons (Fsp3) is 0.375. The van der Waals surface area contributed by atoms with Crippen molar-refractivity contribution in [2.24, 2.45) is 0 Å². The molecule has 0 bridgehead atoms. The van der Waals surface area contributed by atoms with Crippen LogP contribution >= 0.6 is 11.6 Å². The molecule has 2 N–H and O–H groups in total. The van der Waals surface area contributed by atoms with Gasteiger partial charge in [-0.15, -0.1) is 0 Å². The number of aromatic amines is 1. The average molecular weight is 426 g/mol. The zero-order valence-electron chi connectivity index (χ0n) is 17.1. The lowest BCUT2D eigenvalue weighted by Gasteiger charge is -2.26. The summed E-state index contributed by atoms with van der Waals surface area (Å²) in [5.41, 5.74) is 3.25. The Hall–Kier alpha value is -2.34. The number of carbonyl (C=O) groups excluding carboxylic acids is 1. The summed E-state index contributed by atoms with van der Waals surface area (Å²) in [5.74, 6) is 0.00586. The first-order chi connectivity index (χ1) is 14.7. The van der Waals surface area contributed by atoms with Gasteiger partial charge in [-0.25, -0.2) is 0 Å². The van der Waals surface area contributed by atoms with Gasteiger partial charge in [-0.2, -0.15) is 0 Å². The van der Waals surface area contributed by atoms with Gasteiger partial charge in [-0.1, -0.05) is 41.9 Å². The largest absolute Gasteiger partial charge is 0.379 e. The molecule has 0 aliphatic carbocycles. The van der Waals surface area contributed by atoms with Gasteiger partial charge in [-0.3, -0.25) is 9.69 Å². The highest BCUT2D eigenvalue weighted by molar-refractivity contribution is 6.30. The second kappa shape index (κ2) is 10.1. The van der Waals surface area contributed by atoms with Crippen molar-refractivity contribution in [1.82, 2.24) is 15.2 Å². The number of rotatable bonds is 8. The van der Waals surface area contributed by atoms with Crippen molar-refractivity contribution in [1.29, 1.82) is 0 Å². The van der Waals surface area contributed by atoms with Crippen molar-refractivity contribution in [3.05, 3.63) is 70.9 Å². The number of hydrogen-bond donors (Lipinski definition) is 2. The fourth-order valence-electron chi connectivity index (χ4n) is 4.13. The Morgan fingerprint density at radius 3 is 2.83 bits per heavy atom. The van der Waals surface area contributed by atoms with E-state index in [4.69, 9.17) is 16.3 Å². The Balaban J connectivity index is 1.43. The van der Waals surface area contributed by atoms with Gasteiger partial charge >= 0.3 is 0 Å². The summed E-state index contributed by atoms with van der Waals surface area (Å²) < 4.78 is 5.38. The first-order valence-electron chi connectivity index (χ1n) is 10.6. The average Bonchev–Trinajstić information content (AvgIpc) is 3.20.